The lowest BCUT2D eigenvalue weighted by Crippen LogP contribution is -2.45. The molecule has 1 heterocycles. The van der Waals surface area contributed by atoms with E-state index in [1.165, 1.54) is 19.0 Å². The monoisotopic (exact) mass is 350 g/mol. The molecule has 1 aromatic carbocycles. The maximum Gasteiger partial charge on any atom is 0.416 e. The van der Waals surface area contributed by atoms with E-state index in [1.54, 1.807) is 0 Å². The Hall–Kier alpha value is -1.61. The number of hydrogen-bond donors (Lipinski definition) is 0. The van der Waals surface area contributed by atoms with Crippen molar-refractivity contribution in [3.8, 4) is 0 Å². The van der Waals surface area contributed by atoms with Crippen molar-refractivity contribution in [1.29, 1.82) is 0 Å². The minimum Gasteiger partial charge on any atom is -0.347 e. The molecule has 1 fully saturated rings. The summed E-state index contributed by atoms with van der Waals surface area (Å²) in [5.41, 5.74) is -1.03. The van der Waals surface area contributed by atoms with Crippen molar-refractivity contribution in [2.75, 3.05) is 20.6 Å². The molecule has 0 spiro atoms. The van der Waals surface area contributed by atoms with Gasteiger partial charge >= 0.3 is 6.18 Å². The number of benzene rings is 1. The highest BCUT2D eigenvalue weighted by Gasteiger charge is 2.41. The number of hydrogen-bond acceptors (Lipinski definition) is 3. The van der Waals surface area contributed by atoms with Crippen LogP contribution in [0, 0.1) is 0 Å². The number of halogens is 3. The zero-order valence-corrected chi connectivity index (χ0v) is 13.5. The van der Waals surface area contributed by atoms with Crippen molar-refractivity contribution in [3.63, 3.8) is 0 Å². The lowest BCUT2D eigenvalue weighted by molar-refractivity contribution is -0.137. The van der Waals surface area contributed by atoms with Gasteiger partial charge < -0.3 is 4.90 Å². The first-order chi connectivity index (χ1) is 10.5. The minimum absolute atomic E-state index is 0.114. The van der Waals surface area contributed by atoms with Gasteiger partial charge in [0.05, 0.1) is 10.5 Å². The molecule has 1 amide bonds. The molecule has 0 unspecified atom stereocenters. The van der Waals surface area contributed by atoms with E-state index in [0.29, 0.717) is 18.9 Å². The average molecular weight is 350 g/mol. The number of alkyl halides is 3. The van der Waals surface area contributed by atoms with Gasteiger partial charge in [0.25, 0.3) is 0 Å². The van der Waals surface area contributed by atoms with Crippen molar-refractivity contribution < 1.29 is 26.4 Å². The summed E-state index contributed by atoms with van der Waals surface area (Å²) in [7, 11) is -1.14. The molecule has 0 bridgehead atoms. The van der Waals surface area contributed by atoms with Crippen molar-refractivity contribution in [2.24, 2.45) is 0 Å². The van der Waals surface area contributed by atoms with Gasteiger partial charge in [-0.2, -0.15) is 17.5 Å². The lowest BCUT2D eigenvalue weighted by atomic mass is 10.2. The fourth-order valence-electron chi connectivity index (χ4n) is 2.54. The number of amides is 1. The zero-order valence-electron chi connectivity index (χ0n) is 12.7. The van der Waals surface area contributed by atoms with Crippen LogP contribution in [-0.4, -0.2) is 50.2 Å². The number of rotatable bonds is 3. The quantitative estimate of drug-likeness (QED) is 0.837. The molecule has 0 aliphatic carbocycles. The standard InChI is InChI=1S/C14H17F3N2O3S/c1-18(2)13(20)12-7-4-8-19(12)23(21,22)11-6-3-5-10(9-11)14(15,16)17/h3,5-6,9,12H,4,7-8H2,1-2H3/t12-/m1/s1. The Morgan fingerprint density at radius 3 is 2.52 bits per heavy atom. The molecule has 0 radical (unpaired) electrons. The molecule has 2 rings (SSSR count). The Balaban J connectivity index is 2.40. The predicted octanol–water partition coefficient (Wildman–Crippen LogP) is 1.95. The van der Waals surface area contributed by atoms with E-state index in [0.717, 1.165) is 22.5 Å². The molecule has 23 heavy (non-hydrogen) atoms. The van der Waals surface area contributed by atoms with Crippen LogP contribution in [0.15, 0.2) is 29.2 Å². The lowest BCUT2D eigenvalue weighted by Gasteiger charge is -2.25. The topological polar surface area (TPSA) is 57.7 Å². The maximum atomic E-state index is 12.8. The largest absolute Gasteiger partial charge is 0.416 e. The van der Waals surface area contributed by atoms with Crippen LogP contribution >= 0.6 is 0 Å². The van der Waals surface area contributed by atoms with Crippen molar-refractivity contribution in [1.82, 2.24) is 9.21 Å². The molecular weight excluding hydrogens is 333 g/mol. The van der Waals surface area contributed by atoms with Gasteiger partial charge in [0.2, 0.25) is 15.9 Å². The van der Waals surface area contributed by atoms with Crippen LogP contribution in [0.2, 0.25) is 0 Å². The highest BCUT2D eigenvalue weighted by molar-refractivity contribution is 7.89. The van der Waals surface area contributed by atoms with E-state index in [4.69, 9.17) is 0 Å². The number of likely N-dealkylation sites (N-methyl/N-ethyl adjacent to an activating group) is 1. The first-order valence-corrected chi connectivity index (χ1v) is 8.39. The third kappa shape index (κ3) is 3.50. The Morgan fingerprint density at radius 2 is 1.96 bits per heavy atom. The van der Waals surface area contributed by atoms with E-state index in [1.807, 2.05) is 0 Å². The molecule has 0 N–H and O–H groups in total. The van der Waals surface area contributed by atoms with Gasteiger partial charge in [-0.25, -0.2) is 8.42 Å². The molecule has 9 heteroatoms. The second kappa shape index (κ2) is 6.12. The van der Waals surface area contributed by atoms with Crippen LogP contribution in [0.25, 0.3) is 0 Å². The fourth-order valence-corrected chi connectivity index (χ4v) is 4.24. The summed E-state index contributed by atoms with van der Waals surface area (Å²) < 4.78 is 64.6. The Labute approximate surface area is 132 Å². The van der Waals surface area contributed by atoms with Crippen LogP contribution in [0.3, 0.4) is 0 Å². The summed E-state index contributed by atoms with van der Waals surface area (Å²) in [6.07, 6.45) is -3.78. The summed E-state index contributed by atoms with van der Waals surface area (Å²) in [6, 6.07) is 2.70. The summed E-state index contributed by atoms with van der Waals surface area (Å²) in [6.45, 7) is 0.114. The molecule has 0 aromatic heterocycles. The SMILES string of the molecule is CN(C)C(=O)[C@H]1CCCN1S(=O)(=O)c1cccc(C(F)(F)F)c1. The predicted molar refractivity (Wildman–Crippen MR) is 77.1 cm³/mol. The number of carbonyl (C=O) groups excluding carboxylic acids is 1. The molecule has 1 aromatic rings. The first-order valence-electron chi connectivity index (χ1n) is 6.95. The zero-order chi connectivity index (χ0) is 17.4. The average Bonchev–Trinajstić information content (AvgIpc) is 2.95. The Kier molecular flexibility index (Phi) is 4.72. The van der Waals surface area contributed by atoms with Crippen LogP contribution in [0.4, 0.5) is 13.2 Å². The van der Waals surface area contributed by atoms with Crippen molar-refractivity contribution >= 4 is 15.9 Å². The van der Waals surface area contributed by atoms with Gasteiger partial charge in [-0.15, -0.1) is 0 Å². The summed E-state index contributed by atoms with van der Waals surface area (Å²) in [4.78, 5) is 12.9. The summed E-state index contributed by atoms with van der Waals surface area (Å²) >= 11 is 0. The Bertz CT molecular complexity index is 701. The Morgan fingerprint density at radius 1 is 1.30 bits per heavy atom. The third-order valence-electron chi connectivity index (χ3n) is 3.70. The van der Waals surface area contributed by atoms with Crippen LogP contribution in [0.1, 0.15) is 18.4 Å². The van der Waals surface area contributed by atoms with E-state index in [2.05, 4.69) is 0 Å². The van der Waals surface area contributed by atoms with E-state index >= 15 is 0 Å². The van der Waals surface area contributed by atoms with Gasteiger partial charge in [0.1, 0.15) is 6.04 Å². The van der Waals surface area contributed by atoms with Crippen molar-refractivity contribution in [3.05, 3.63) is 29.8 Å². The van der Waals surface area contributed by atoms with Gasteiger partial charge in [-0.1, -0.05) is 6.07 Å². The second-order valence-corrected chi connectivity index (χ2v) is 7.42. The number of nitrogens with zero attached hydrogens (tertiary/aromatic N) is 2. The summed E-state index contributed by atoms with van der Waals surface area (Å²) in [5.74, 6) is -0.377. The minimum atomic E-state index is -4.63. The van der Waals surface area contributed by atoms with Crippen LogP contribution in [0.5, 0.6) is 0 Å². The highest BCUT2D eigenvalue weighted by atomic mass is 32.2. The highest BCUT2D eigenvalue weighted by Crippen LogP contribution is 2.32. The third-order valence-corrected chi connectivity index (χ3v) is 5.60. The van der Waals surface area contributed by atoms with Gasteiger partial charge in [-0.05, 0) is 31.0 Å². The van der Waals surface area contributed by atoms with Gasteiger partial charge in [0.15, 0.2) is 0 Å². The molecule has 1 saturated heterocycles. The maximum absolute atomic E-state index is 12.8. The number of carbonyl (C=O) groups is 1. The van der Waals surface area contributed by atoms with Crippen LogP contribution < -0.4 is 0 Å². The van der Waals surface area contributed by atoms with Gasteiger partial charge in [-0.3, -0.25) is 4.79 Å². The molecule has 0 saturated carbocycles. The van der Waals surface area contributed by atoms with Gasteiger partial charge in [0, 0.05) is 20.6 Å². The molecule has 128 valence electrons. The van der Waals surface area contributed by atoms with E-state index < -0.39 is 32.7 Å². The number of sulfonamides is 1. The second-order valence-electron chi connectivity index (χ2n) is 5.53. The first kappa shape index (κ1) is 17.7. The molecule has 5 nitrogen and oxygen atoms in total. The molecule has 1 aliphatic heterocycles. The normalized spacial score (nSPS) is 19.8. The van der Waals surface area contributed by atoms with Crippen LogP contribution in [-0.2, 0) is 21.0 Å². The smallest absolute Gasteiger partial charge is 0.347 e. The molecular formula is C14H17F3N2O3S. The summed E-state index contributed by atoms with van der Waals surface area (Å²) in [5, 5.41) is 0. The molecule has 1 aliphatic rings. The van der Waals surface area contributed by atoms with Crippen molar-refractivity contribution in [2.45, 2.75) is 30.0 Å². The van der Waals surface area contributed by atoms with E-state index in [-0.39, 0.29) is 12.5 Å². The molecule has 1 atom stereocenters. The van der Waals surface area contributed by atoms with E-state index in [9.17, 15) is 26.4 Å². The fraction of sp³-hybridized carbons (Fsp3) is 0.500.